The van der Waals surface area contributed by atoms with Gasteiger partial charge in [0.15, 0.2) is 5.82 Å². The molecule has 0 aliphatic rings. The van der Waals surface area contributed by atoms with Gasteiger partial charge in [-0.25, -0.2) is 9.78 Å². The lowest BCUT2D eigenvalue weighted by Crippen LogP contribution is -2.32. The standard InChI is InChI=1S/C14H17ClN6O3/c1-14(2,3)24-13(23)18-11-10(15)5-9(6-16-11)12(22)19-21-7-17-20(4)8-21/h5-8H,1-4H3,(H-,16,18,19,22,23). The van der Waals surface area contributed by atoms with Gasteiger partial charge >= 0.3 is 6.09 Å². The maximum atomic E-state index is 12.1. The van der Waals surface area contributed by atoms with E-state index in [1.165, 1.54) is 34.3 Å². The van der Waals surface area contributed by atoms with E-state index in [0.717, 1.165) is 0 Å². The summed E-state index contributed by atoms with van der Waals surface area (Å²) in [7, 11) is 1.70. The van der Waals surface area contributed by atoms with E-state index >= 15 is 0 Å². The molecule has 0 fully saturated rings. The molecule has 10 heteroatoms. The summed E-state index contributed by atoms with van der Waals surface area (Å²) in [6, 6.07) is 1.37. The molecule has 24 heavy (non-hydrogen) atoms. The molecule has 0 atom stereocenters. The first-order valence-corrected chi connectivity index (χ1v) is 7.33. The van der Waals surface area contributed by atoms with Crippen molar-refractivity contribution < 1.29 is 19.3 Å². The Morgan fingerprint density at radius 1 is 1.50 bits per heavy atom. The molecule has 2 heterocycles. The van der Waals surface area contributed by atoms with Crippen molar-refractivity contribution in [3.63, 3.8) is 0 Å². The summed E-state index contributed by atoms with van der Waals surface area (Å²) >= 11 is 6.05. The summed E-state index contributed by atoms with van der Waals surface area (Å²) in [5.41, 5.74) is -0.474. The molecule has 0 aliphatic carbocycles. The van der Waals surface area contributed by atoms with Gasteiger partial charge < -0.3 is 9.84 Å². The number of pyridine rings is 1. The number of carbonyl (C=O) groups is 1. The van der Waals surface area contributed by atoms with Gasteiger partial charge in [-0.1, -0.05) is 11.6 Å². The number of nitrogens with zero attached hydrogens (tertiary/aromatic N) is 5. The fourth-order valence-corrected chi connectivity index (χ4v) is 1.84. The molecular weight excluding hydrogens is 336 g/mol. The highest BCUT2D eigenvalue weighted by molar-refractivity contribution is 6.33. The molecule has 0 bridgehead atoms. The minimum Gasteiger partial charge on any atom is -0.856 e. The molecular formula is C14H17ClN6O3. The van der Waals surface area contributed by atoms with Crippen LogP contribution in [0.2, 0.25) is 5.02 Å². The van der Waals surface area contributed by atoms with Crippen molar-refractivity contribution in [2.75, 3.05) is 5.32 Å². The molecule has 0 aliphatic heterocycles. The third kappa shape index (κ3) is 4.92. The molecule has 0 saturated heterocycles. The average Bonchev–Trinajstić information content (AvgIpc) is 2.84. The second-order valence-electron chi connectivity index (χ2n) is 5.89. The quantitative estimate of drug-likeness (QED) is 0.496. The Hall–Kier alpha value is -2.68. The number of hydrogen-bond donors (Lipinski definition) is 1. The van der Waals surface area contributed by atoms with Gasteiger partial charge in [0.25, 0.3) is 6.33 Å². The Bertz CT molecular complexity index is 781. The highest BCUT2D eigenvalue weighted by Crippen LogP contribution is 2.21. The summed E-state index contributed by atoms with van der Waals surface area (Å²) in [4.78, 5) is 15.7. The van der Waals surface area contributed by atoms with E-state index in [2.05, 4.69) is 20.5 Å². The maximum absolute atomic E-state index is 12.1. The van der Waals surface area contributed by atoms with Crippen molar-refractivity contribution in [2.24, 2.45) is 12.1 Å². The third-order valence-electron chi connectivity index (χ3n) is 2.55. The Morgan fingerprint density at radius 2 is 2.21 bits per heavy atom. The number of aromatic nitrogens is 4. The summed E-state index contributed by atoms with van der Waals surface area (Å²) in [5, 5.41) is 22.3. The van der Waals surface area contributed by atoms with Gasteiger partial charge in [0.1, 0.15) is 5.60 Å². The summed E-state index contributed by atoms with van der Waals surface area (Å²) in [5.74, 6) is -0.456. The molecule has 128 valence electrons. The number of rotatable bonds is 3. The van der Waals surface area contributed by atoms with Crippen molar-refractivity contribution >= 4 is 29.4 Å². The second-order valence-corrected chi connectivity index (χ2v) is 6.29. The molecule has 0 saturated carbocycles. The largest absolute Gasteiger partial charge is 0.856 e. The smallest absolute Gasteiger partial charge is 0.413 e. The zero-order chi connectivity index (χ0) is 17.9. The lowest BCUT2D eigenvalue weighted by Gasteiger charge is -2.19. The zero-order valence-electron chi connectivity index (χ0n) is 13.6. The predicted octanol–water partition coefficient (Wildman–Crippen LogP) is 0.673. The molecule has 9 nitrogen and oxygen atoms in total. The van der Waals surface area contributed by atoms with Crippen molar-refractivity contribution in [1.82, 2.24) is 14.8 Å². The number of carbonyl (C=O) groups excluding carboxylic acids is 1. The van der Waals surface area contributed by atoms with Gasteiger partial charge in [-0.15, -0.1) is 14.5 Å². The van der Waals surface area contributed by atoms with Gasteiger partial charge in [-0.3, -0.25) is 5.32 Å². The van der Waals surface area contributed by atoms with Crippen molar-refractivity contribution in [1.29, 1.82) is 0 Å². The van der Waals surface area contributed by atoms with Crippen LogP contribution in [0.4, 0.5) is 10.6 Å². The molecule has 0 radical (unpaired) electrons. The average molecular weight is 353 g/mol. The van der Waals surface area contributed by atoms with Crippen LogP contribution in [0.5, 0.6) is 0 Å². The first kappa shape index (κ1) is 17.7. The van der Waals surface area contributed by atoms with Crippen molar-refractivity contribution in [2.45, 2.75) is 26.4 Å². The monoisotopic (exact) mass is 352 g/mol. The topological polar surface area (TPSA) is 108 Å². The Morgan fingerprint density at radius 3 is 2.75 bits per heavy atom. The number of nitrogens with one attached hydrogen (secondary N) is 1. The van der Waals surface area contributed by atoms with Crippen LogP contribution in [0.25, 0.3) is 0 Å². The van der Waals surface area contributed by atoms with E-state index in [1.54, 1.807) is 27.8 Å². The number of hydrogen-bond acceptors (Lipinski definition) is 6. The van der Waals surface area contributed by atoms with Crippen LogP contribution in [0.3, 0.4) is 0 Å². The first-order valence-electron chi connectivity index (χ1n) is 6.96. The van der Waals surface area contributed by atoms with E-state index in [1.807, 2.05) is 0 Å². The first-order chi connectivity index (χ1) is 11.1. The number of anilines is 1. The van der Waals surface area contributed by atoms with E-state index < -0.39 is 17.6 Å². The van der Waals surface area contributed by atoms with E-state index in [9.17, 15) is 9.90 Å². The Labute approximate surface area is 143 Å². The maximum Gasteiger partial charge on any atom is 0.413 e. The third-order valence-corrected chi connectivity index (χ3v) is 2.84. The highest BCUT2D eigenvalue weighted by atomic mass is 35.5. The predicted molar refractivity (Wildman–Crippen MR) is 84.4 cm³/mol. The van der Waals surface area contributed by atoms with Crippen LogP contribution in [-0.2, 0) is 11.8 Å². The van der Waals surface area contributed by atoms with Crippen LogP contribution in [0.1, 0.15) is 26.3 Å². The molecule has 0 unspecified atom stereocenters. The summed E-state index contributed by atoms with van der Waals surface area (Å²) in [6.45, 7) is 5.21. The molecule has 0 spiro atoms. The summed E-state index contributed by atoms with van der Waals surface area (Å²) < 4.78 is 7.87. The highest BCUT2D eigenvalue weighted by Gasteiger charge is 2.17. The Balaban J connectivity index is 2.14. The van der Waals surface area contributed by atoms with Crippen molar-refractivity contribution in [3.8, 4) is 0 Å². The van der Waals surface area contributed by atoms with Gasteiger partial charge in [-0.05, 0) is 26.8 Å². The molecule has 2 aromatic rings. The van der Waals surface area contributed by atoms with E-state index in [0.29, 0.717) is 0 Å². The van der Waals surface area contributed by atoms with Crippen LogP contribution < -0.4 is 15.1 Å². The fraction of sp³-hybridized carbons (Fsp3) is 0.357. The normalized spacial score (nSPS) is 12.1. The van der Waals surface area contributed by atoms with Crippen molar-refractivity contribution in [3.05, 3.63) is 35.5 Å². The lowest BCUT2D eigenvalue weighted by atomic mass is 10.2. The van der Waals surface area contributed by atoms with Crippen LogP contribution in [0.15, 0.2) is 30.0 Å². The number of ether oxygens (including phenoxy) is 1. The molecule has 2 rings (SSSR count). The van der Waals surface area contributed by atoms with Gasteiger partial charge in [-0.2, -0.15) is 0 Å². The SMILES string of the molecule is Cn1c[n+](N=C([O-])c2cnc(NC(=O)OC(C)(C)C)c(Cl)c2)cn1. The van der Waals surface area contributed by atoms with Gasteiger partial charge in [0.05, 0.1) is 12.1 Å². The van der Waals surface area contributed by atoms with E-state index in [4.69, 9.17) is 16.3 Å². The fourth-order valence-electron chi connectivity index (χ4n) is 1.63. The molecule has 0 aromatic carbocycles. The van der Waals surface area contributed by atoms with Crippen LogP contribution in [0, 0.1) is 0 Å². The molecule has 1 amide bonds. The van der Waals surface area contributed by atoms with Crippen LogP contribution >= 0.6 is 11.6 Å². The Kier molecular flexibility index (Phi) is 5.03. The number of halogens is 1. The zero-order valence-corrected chi connectivity index (χ0v) is 14.4. The molecule has 2 aromatic heterocycles. The second kappa shape index (κ2) is 6.83. The number of aryl methyl sites for hydroxylation is 1. The minimum atomic E-state index is -0.688. The van der Waals surface area contributed by atoms with Crippen LogP contribution in [-0.4, -0.2) is 32.4 Å². The molecule has 1 N–H and O–H groups in total. The summed E-state index contributed by atoms with van der Waals surface area (Å²) in [6.07, 6.45) is 3.48. The number of amides is 1. The minimum absolute atomic E-state index is 0.0940. The van der Waals surface area contributed by atoms with Gasteiger partial charge in [0.2, 0.25) is 6.33 Å². The van der Waals surface area contributed by atoms with Gasteiger partial charge in [0, 0.05) is 22.8 Å². The lowest BCUT2D eigenvalue weighted by molar-refractivity contribution is -0.682. The van der Waals surface area contributed by atoms with E-state index in [-0.39, 0.29) is 16.4 Å².